The molecule has 100 valence electrons. The van der Waals surface area contributed by atoms with Crippen LogP contribution in [0.2, 0.25) is 0 Å². The Hall–Kier alpha value is -0.610. The number of ether oxygens (including phenoxy) is 1. The van der Waals surface area contributed by atoms with Crippen molar-refractivity contribution in [3.05, 3.63) is 23.5 Å². The summed E-state index contributed by atoms with van der Waals surface area (Å²) in [6.07, 6.45) is 2.60. The Balaban J connectivity index is 1.89. The lowest BCUT2D eigenvalue weighted by Crippen LogP contribution is -2.34. The fourth-order valence-electron chi connectivity index (χ4n) is 2.49. The lowest BCUT2D eigenvalue weighted by atomic mass is 9.85. The van der Waals surface area contributed by atoms with Crippen molar-refractivity contribution in [2.24, 2.45) is 5.92 Å². The zero-order valence-electron chi connectivity index (χ0n) is 11.3. The van der Waals surface area contributed by atoms with Gasteiger partial charge in [0.25, 0.3) is 0 Å². The number of pyridine rings is 1. The van der Waals surface area contributed by atoms with E-state index in [1.807, 2.05) is 19.1 Å². The lowest BCUT2D eigenvalue weighted by Gasteiger charge is -2.34. The highest BCUT2D eigenvalue weighted by molar-refractivity contribution is 9.09. The monoisotopic (exact) mass is 312 g/mol. The van der Waals surface area contributed by atoms with Crippen LogP contribution in [0.4, 0.5) is 0 Å². The average molecular weight is 313 g/mol. The number of hydrogen-bond donors (Lipinski definition) is 0. The van der Waals surface area contributed by atoms with E-state index in [4.69, 9.17) is 4.74 Å². The number of rotatable bonds is 5. The van der Waals surface area contributed by atoms with E-state index in [1.165, 1.54) is 12.8 Å². The predicted octanol–water partition coefficient (Wildman–Crippen LogP) is 3.00. The zero-order valence-corrected chi connectivity index (χ0v) is 12.9. The van der Waals surface area contributed by atoms with Gasteiger partial charge in [-0.3, -0.25) is 4.98 Å². The largest absolute Gasteiger partial charge is 0.497 e. The molecule has 4 heteroatoms. The quantitative estimate of drug-likeness (QED) is 0.782. The topological polar surface area (TPSA) is 25.4 Å². The molecule has 1 aliphatic carbocycles. The molecule has 1 fully saturated rings. The summed E-state index contributed by atoms with van der Waals surface area (Å²) >= 11 is 3.64. The van der Waals surface area contributed by atoms with Gasteiger partial charge in [0, 0.05) is 35.7 Å². The smallest absolute Gasteiger partial charge is 0.122 e. The molecule has 1 saturated carbocycles. The third kappa shape index (κ3) is 3.69. The Bertz CT molecular complexity index is 405. The van der Waals surface area contributed by atoms with E-state index in [0.29, 0.717) is 0 Å². The maximum absolute atomic E-state index is 5.28. The van der Waals surface area contributed by atoms with Crippen molar-refractivity contribution in [3.63, 3.8) is 0 Å². The molecule has 18 heavy (non-hydrogen) atoms. The van der Waals surface area contributed by atoms with Crippen LogP contribution in [0.1, 0.15) is 24.2 Å². The normalized spacial score (nSPS) is 22.9. The van der Waals surface area contributed by atoms with E-state index in [1.54, 1.807) is 7.11 Å². The van der Waals surface area contributed by atoms with Gasteiger partial charge >= 0.3 is 0 Å². The minimum Gasteiger partial charge on any atom is -0.497 e. The van der Waals surface area contributed by atoms with Gasteiger partial charge in [-0.15, -0.1) is 0 Å². The Morgan fingerprint density at radius 3 is 2.78 bits per heavy atom. The molecular weight excluding hydrogens is 292 g/mol. The third-order valence-corrected chi connectivity index (χ3v) is 4.14. The molecule has 0 unspecified atom stereocenters. The Morgan fingerprint density at radius 2 is 2.17 bits per heavy atom. The SMILES string of the molecule is COc1cc(C)nc(CN(C)CC2CC(Br)C2)c1. The maximum Gasteiger partial charge on any atom is 0.122 e. The fraction of sp³-hybridized carbons (Fsp3) is 0.643. The molecule has 0 atom stereocenters. The molecule has 0 amide bonds. The number of methoxy groups -OCH3 is 1. The predicted molar refractivity (Wildman–Crippen MR) is 77.3 cm³/mol. The minimum absolute atomic E-state index is 0.744. The summed E-state index contributed by atoms with van der Waals surface area (Å²) in [6, 6.07) is 3.99. The van der Waals surface area contributed by atoms with Crippen LogP contribution in [-0.4, -0.2) is 35.4 Å². The first-order chi connectivity index (χ1) is 8.56. The molecule has 0 aliphatic heterocycles. The Kier molecular flexibility index (Phi) is 4.62. The van der Waals surface area contributed by atoms with E-state index in [-0.39, 0.29) is 0 Å². The summed E-state index contributed by atoms with van der Waals surface area (Å²) in [7, 11) is 3.87. The van der Waals surface area contributed by atoms with Gasteiger partial charge in [-0.2, -0.15) is 0 Å². The van der Waals surface area contributed by atoms with Crippen molar-refractivity contribution in [1.82, 2.24) is 9.88 Å². The number of halogens is 1. The van der Waals surface area contributed by atoms with Crippen LogP contribution in [0, 0.1) is 12.8 Å². The first-order valence-corrected chi connectivity index (χ1v) is 7.32. The first kappa shape index (κ1) is 13.8. The molecule has 1 aromatic heterocycles. The summed E-state index contributed by atoms with van der Waals surface area (Å²) in [5, 5.41) is 0. The van der Waals surface area contributed by atoms with Gasteiger partial charge in [0.2, 0.25) is 0 Å². The summed E-state index contributed by atoms with van der Waals surface area (Å²) in [5.41, 5.74) is 2.10. The molecule has 0 bridgehead atoms. The first-order valence-electron chi connectivity index (χ1n) is 6.41. The number of aromatic nitrogens is 1. The van der Waals surface area contributed by atoms with Crippen molar-refractivity contribution in [2.75, 3.05) is 20.7 Å². The molecule has 0 saturated heterocycles. The second-order valence-corrected chi connectivity index (χ2v) is 6.57. The van der Waals surface area contributed by atoms with E-state index < -0.39 is 0 Å². The summed E-state index contributed by atoms with van der Waals surface area (Å²) in [4.78, 5) is 7.65. The highest BCUT2D eigenvalue weighted by Gasteiger charge is 2.27. The minimum atomic E-state index is 0.744. The van der Waals surface area contributed by atoms with Crippen molar-refractivity contribution in [1.29, 1.82) is 0 Å². The van der Waals surface area contributed by atoms with E-state index in [0.717, 1.165) is 41.0 Å². The van der Waals surface area contributed by atoms with Crippen LogP contribution >= 0.6 is 15.9 Å². The van der Waals surface area contributed by atoms with Crippen molar-refractivity contribution >= 4 is 15.9 Å². The summed E-state index contributed by atoms with van der Waals surface area (Å²) in [5.74, 6) is 1.74. The molecule has 3 nitrogen and oxygen atoms in total. The number of aryl methyl sites for hydroxylation is 1. The standard InChI is InChI=1S/C14H21BrN2O/c1-10-4-14(18-3)7-13(16-10)9-17(2)8-11-5-12(15)6-11/h4,7,11-12H,5-6,8-9H2,1-3H3. The van der Waals surface area contributed by atoms with Gasteiger partial charge in [0.05, 0.1) is 12.8 Å². The fourth-order valence-corrected chi connectivity index (χ4v) is 3.54. The van der Waals surface area contributed by atoms with Gasteiger partial charge < -0.3 is 9.64 Å². The van der Waals surface area contributed by atoms with Crippen LogP contribution in [0.5, 0.6) is 5.75 Å². The second-order valence-electron chi connectivity index (χ2n) is 5.27. The molecule has 0 spiro atoms. The average Bonchev–Trinajstić information content (AvgIpc) is 2.26. The van der Waals surface area contributed by atoms with Crippen molar-refractivity contribution < 1.29 is 4.74 Å². The zero-order chi connectivity index (χ0) is 13.1. The molecule has 1 aliphatic rings. The van der Waals surface area contributed by atoms with Gasteiger partial charge in [0.15, 0.2) is 0 Å². The lowest BCUT2D eigenvalue weighted by molar-refractivity contribution is 0.206. The van der Waals surface area contributed by atoms with Crippen molar-refractivity contribution in [3.8, 4) is 5.75 Å². The summed E-state index contributed by atoms with van der Waals surface area (Å²) < 4.78 is 5.28. The Labute approximate surface area is 118 Å². The van der Waals surface area contributed by atoms with Gasteiger partial charge in [-0.25, -0.2) is 0 Å². The van der Waals surface area contributed by atoms with E-state index >= 15 is 0 Å². The summed E-state index contributed by atoms with van der Waals surface area (Å²) in [6.45, 7) is 4.05. The van der Waals surface area contributed by atoms with Crippen LogP contribution in [0.15, 0.2) is 12.1 Å². The number of hydrogen-bond acceptors (Lipinski definition) is 3. The van der Waals surface area contributed by atoms with Crippen LogP contribution in [0.3, 0.4) is 0 Å². The van der Waals surface area contributed by atoms with E-state index in [9.17, 15) is 0 Å². The highest BCUT2D eigenvalue weighted by Crippen LogP contribution is 2.33. The molecular formula is C14H21BrN2O. The molecule has 1 aromatic rings. The third-order valence-electron chi connectivity index (χ3n) is 3.40. The maximum atomic E-state index is 5.28. The number of alkyl halides is 1. The highest BCUT2D eigenvalue weighted by atomic mass is 79.9. The Morgan fingerprint density at radius 1 is 1.44 bits per heavy atom. The van der Waals surface area contributed by atoms with E-state index in [2.05, 4.69) is 32.9 Å². The van der Waals surface area contributed by atoms with Gasteiger partial charge in [-0.05, 0) is 32.7 Å². The number of nitrogens with zero attached hydrogens (tertiary/aromatic N) is 2. The van der Waals surface area contributed by atoms with Gasteiger partial charge in [0.1, 0.15) is 5.75 Å². The van der Waals surface area contributed by atoms with Crippen LogP contribution in [-0.2, 0) is 6.54 Å². The molecule has 0 radical (unpaired) electrons. The molecule has 0 aromatic carbocycles. The molecule has 1 heterocycles. The second kappa shape index (κ2) is 6.02. The van der Waals surface area contributed by atoms with Crippen LogP contribution < -0.4 is 4.74 Å². The molecule has 0 N–H and O–H groups in total. The van der Waals surface area contributed by atoms with Crippen LogP contribution in [0.25, 0.3) is 0 Å². The van der Waals surface area contributed by atoms with Crippen molar-refractivity contribution in [2.45, 2.75) is 31.1 Å². The molecule has 2 rings (SSSR count). The van der Waals surface area contributed by atoms with Gasteiger partial charge in [-0.1, -0.05) is 15.9 Å².